The molecule has 0 aliphatic carbocycles. The molecule has 0 bridgehead atoms. The van der Waals surface area contributed by atoms with Crippen LogP contribution in [0.3, 0.4) is 0 Å². The molecule has 0 amide bonds. The number of benzene rings is 1. The number of H-pyrrole nitrogens is 1. The molecule has 0 radical (unpaired) electrons. The SMILES string of the molecule is O=CC(F)(F)c1ccc2[nH]c(=O)ccc2c1. The third kappa shape index (κ3) is 1.71. The number of alkyl halides is 2. The van der Waals surface area contributed by atoms with Crippen LogP contribution in [0.25, 0.3) is 10.9 Å². The highest BCUT2D eigenvalue weighted by molar-refractivity contribution is 5.80. The number of hydrogen-bond acceptors (Lipinski definition) is 2. The van der Waals surface area contributed by atoms with Crippen LogP contribution in [0, 0.1) is 0 Å². The molecule has 0 fully saturated rings. The molecule has 2 aromatic rings. The van der Waals surface area contributed by atoms with Crippen LogP contribution in [-0.2, 0) is 10.7 Å². The topological polar surface area (TPSA) is 49.9 Å². The van der Waals surface area contributed by atoms with E-state index in [4.69, 9.17) is 0 Å². The van der Waals surface area contributed by atoms with E-state index in [0.717, 1.165) is 6.07 Å². The standard InChI is InChI=1S/C11H7F2NO2/c12-11(13,6-15)8-2-3-9-7(5-8)1-4-10(16)14-9/h1-6H,(H,14,16). The summed E-state index contributed by atoms with van der Waals surface area (Å²) in [6.45, 7) is 0. The predicted molar refractivity (Wildman–Crippen MR) is 54.5 cm³/mol. The van der Waals surface area contributed by atoms with Gasteiger partial charge in [0.2, 0.25) is 5.56 Å². The van der Waals surface area contributed by atoms with Crippen LogP contribution < -0.4 is 5.56 Å². The minimum absolute atomic E-state index is 0.303. The lowest BCUT2D eigenvalue weighted by Gasteiger charge is -2.09. The van der Waals surface area contributed by atoms with Gasteiger partial charge >= 0.3 is 5.92 Å². The zero-order valence-electron chi connectivity index (χ0n) is 8.04. The summed E-state index contributed by atoms with van der Waals surface area (Å²) in [6.07, 6.45) is -0.403. The fraction of sp³-hybridized carbons (Fsp3) is 0.0909. The molecule has 1 N–H and O–H groups in total. The van der Waals surface area contributed by atoms with Gasteiger partial charge < -0.3 is 4.98 Å². The third-order valence-corrected chi connectivity index (χ3v) is 2.26. The maximum atomic E-state index is 13.1. The van der Waals surface area contributed by atoms with Gasteiger partial charge in [-0.2, -0.15) is 8.78 Å². The number of fused-ring (bicyclic) bond motifs is 1. The summed E-state index contributed by atoms with van der Waals surface area (Å²) in [5, 5.41) is 0.457. The van der Waals surface area contributed by atoms with E-state index in [0.29, 0.717) is 10.9 Å². The number of rotatable bonds is 2. The third-order valence-electron chi connectivity index (χ3n) is 2.26. The van der Waals surface area contributed by atoms with E-state index in [2.05, 4.69) is 4.98 Å². The second-order valence-corrected chi connectivity index (χ2v) is 3.37. The van der Waals surface area contributed by atoms with Crippen molar-refractivity contribution in [2.24, 2.45) is 0 Å². The van der Waals surface area contributed by atoms with Gasteiger partial charge in [0.1, 0.15) is 0 Å². The monoisotopic (exact) mass is 223 g/mol. The smallest absolute Gasteiger partial charge is 0.322 e. The number of aromatic nitrogens is 1. The van der Waals surface area contributed by atoms with Crippen molar-refractivity contribution in [2.75, 3.05) is 0 Å². The lowest BCUT2D eigenvalue weighted by atomic mass is 10.1. The molecule has 0 atom stereocenters. The number of aromatic amines is 1. The van der Waals surface area contributed by atoms with Crippen molar-refractivity contribution in [1.82, 2.24) is 4.98 Å². The Morgan fingerprint density at radius 2 is 1.94 bits per heavy atom. The molecule has 0 saturated carbocycles. The van der Waals surface area contributed by atoms with Gasteiger partial charge in [-0.05, 0) is 23.6 Å². The minimum Gasteiger partial charge on any atom is -0.322 e. The Bertz CT molecular complexity index is 604. The van der Waals surface area contributed by atoms with E-state index < -0.39 is 12.2 Å². The molecule has 5 heteroatoms. The molecule has 0 saturated heterocycles. The van der Waals surface area contributed by atoms with E-state index in [1.54, 1.807) is 0 Å². The molecule has 82 valence electrons. The first-order valence-corrected chi connectivity index (χ1v) is 4.51. The van der Waals surface area contributed by atoms with Gasteiger partial charge in [0.25, 0.3) is 0 Å². The summed E-state index contributed by atoms with van der Waals surface area (Å²) in [7, 11) is 0. The lowest BCUT2D eigenvalue weighted by Crippen LogP contribution is -2.14. The van der Waals surface area contributed by atoms with Gasteiger partial charge in [-0.15, -0.1) is 0 Å². The normalized spacial score (nSPS) is 11.6. The Hall–Kier alpha value is -2.04. The maximum absolute atomic E-state index is 13.1. The van der Waals surface area contributed by atoms with Crippen molar-refractivity contribution in [3.63, 3.8) is 0 Å². The maximum Gasteiger partial charge on any atom is 0.327 e. The van der Waals surface area contributed by atoms with Gasteiger partial charge in [-0.25, -0.2) is 0 Å². The number of aldehydes is 1. The molecule has 2 rings (SSSR count). The minimum atomic E-state index is -3.50. The molecule has 0 unspecified atom stereocenters. The molecule has 0 spiro atoms. The summed E-state index contributed by atoms with van der Waals surface area (Å²) in [5.74, 6) is -3.50. The fourth-order valence-corrected chi connectivity index (χ4v) is 1.43. The van der Waals surface area contributed by atoms with Gasteiger partial charge in [-0.3, -0.25) is 9.59 Å². The van der Waals surface area contributed by atoms with Crippen LogP contribution >= 0.6 is 0 Å². The van der Waals surface area contributed by atoms with Crippen LogP contribution in [0.1, 0.15) is 5.56 Å². The lowest BCUT2D eigenvalue weighted by molar-refractivity contribution is -0.130. The Morgan fingerprint density at radius 3 is 2.62 bits per heavy atom. The molecule has 16 heavy (non-hydrogen) atoms. The van der Waals surface area contributed by atoms with Gasteiger partial charge in [-0.1, -0.05) is 6.07 Å². The molecule has 0 aliphatic rings. The largest absolute Gasteiger partial charge is 0.327 e. The summed E-state index contributed by atoms with van der Waals surface area (Å²) < 4.78 is 26.1. The van der Waals surface area contributed by atoms with Crippen molar-refractivity contribution < 1.29 is 13.6 Å². The average molecular weight is 223 g/mol. The average Bonchev–Trinajstić information content (AvgIpc) is 2.28. The Labute approximate surface area is 88.7 Å². The predicted octanol–water partition coefficient (Wildman–Crippen LogP) is 1.82. The first kappa shape index (κ1) is 10.5. The second-order valence-electron chi connectivity index (χ2n) is 3.37. The summed E-state index contributed by atoms with van der Waals surface area (Å²) >= 11 is 0. The second kappa shape index (κ2) is 3.52. The Morgan fingerprint density at radius 1 is 1.19 bits per heavy atom. The van der Waals surface area contributed by atoms with Gasteiger partial charge in [0.15, 0.2) is 6.29 Å². The van der Waals surface area contributed by atoms with Crippen molar-refractivity contribution >= 4 is 17.2 Å². The van der Waals surface area contributed by atoms with Crippen LogP contribution in [0.5, 0.6) is 0 Å². The highest BCUT2D eigenvalue weighted by Crippen LogP contribution is 2.27. The molecule has 1 aromatic heterocycles. The first-order valence-electron chi connectivity index (χ1n) is 4.51. The van der Waals surface area contributed by atoms with Crippen LogP contribution in [-0.4, -0.2) is 11.3 Å². The zero-order valence-corrected chi connectivity index (χ0v) is 8.04. The Balaban J connectivity index is 2.65. The summed E-state index contributed by atoms with van der Waals surface area (Å²) in [5.41, 5.74) is -0.234. The van der Waals surface area contributed by atoms with Crippen molar-refractivity contribution in [3.8, 4) is 0 Å². The van der Waals surface area contributed by atoms with Crippen molar-refractivity contribution in [2.45, 2.75) is 5.92 Å². The number of nitrogens with one attached hydrogen (secondary N) is 1. The number of pyridine rings is 1. The number of carbonyl (C=O) groups excluding carboxylic acids is 1. The number of halogens is 2. The van der Waals surface area contributed by atoms with Crippen LogP contribution in [0.4, 0.5) is 8.78 Å². The van der Waals surface area contributed by atoms with Crippen LogP contribution in [0.2, 0.25) is 0 Å². The van der Waals surface area contributed by atoms with E-state index in [1.165, 1.54) is 24.3 Å². The number of carbonyl (C=O) groups is 1. The number of hydrogen-bond donors (Lipinski definition) is 1. The van der Waals surface area contributed by atoms with Crippen molar-refractivity contribution in [3.05, 3.63) is 46.2 Å². The highest BCUT2D eigenvalue weighted by atomic mass is 19.3. The Kier molecular flexibility index (Phi) is 2.30. The van der Waals surface area contributed by atoms with E-state index in [-0.39, 0.29) is 11.1 Å². The summed E-state index contributed by atoms with van der Waals surface area (Å²) in [6, 6.07) is 6.32. The highest BCUT2D eigenvalue weighted by Gasteiger charge is 2.30. The van der Waals surface area contributed by atoms with E-state index >= 15 is 0 Å². The summed E-state index contributed by atoms with van der Waals surface area (Å²) in [4.78, 5) is 23.7. The van der Waals surface area contributed by atoms with Crippen molar-refractivity contribution in [1.29, 1.82) is 0 Å². The molecular weight excluding hydrogens is 216 g/mol. The molecule has 0 aliphatic heterocycles. The molecule has 3 nitrogen and oxygen atoms in total. The zero-order chi connectivity index (χ0) is 11.8. The molecule has 1 aromatic carbocycles. The fourth-order valence-electron chi connectivity index (χ4n) is 1.43. The molecular formula is C11H7F2NO2. The van der Waals surface area contributed by atoms with Gasteiger partial charge in [0.05, 0.1) is 0 Å². The quantitative estimate of drug-likeness (QED) is 0.789. The molecule has 1 heterocycles. The first-order chi connectivity index (χ1) is 7.53. The van der Waals surface area contributed by atoms with E-state index in [1.807, 2.05) is 0 Å². The van der Waals surface area contributed by atoms with E-state index in [9.17, 15) is 18.4 Å². The van der Waals surface area contributed by atoms with Crippen LogP contribution in [0.15, 0.2) is 35.1 Å². The van der Waals surface area contributed by atoms with Gasteiger partial charge in [0, 0.05) is 17.1 Å².